The molecule has 2 N–H and O–H groups in total. The van der Waals surface area contributed by atoms with Gasteiger partial charge in [0.05, 0.1) is 6.10 Å². The molecule has 2 aliphatic heterocycles. The fraction of sp³-hybridized carbons (Fsp3) is 0.846. The SMILES string of the molecule is CCC1CCC(C)N1C(=O)N1C[C@H](O)C[C@H]1C(=O)O. The third kappa shape index (κ3) is 2.54. The Hall–Kier alpha value is -1.30. The first kappa shape index (κ1) is 14.1. The Kier molecular flexibility index (Phi) is 3.99. The van der Waals surface area contributed by atoms with E-state index < -0.39 is 18.1 Å². The molecule has 2 amide bonds. The zero-order valence-electron chi connectivity index (χ0n) is 11.5. The van der Waals surface area contributed by atoms with Crippen molar-refractivity contribution in [3.05, 3.63) is 0 Å². The largest absolute Gasteiger partial charge is 0.480 e. The van der Waals surface area contributed by atoms with Crippen molar-refractivity contribution in [3.8, 4) is 0 Å². The second kappa shape index (κ2) is 5.36. The lowest BCUT2D eigenvalue weighted by Gasteiger charge is -2.33. The molecule has 108 valence electrons. The second-order valence-electron chi connectivity index (χ2n) is 5.57. The Balaban J connectivity index is 2.16. The van der Waals surface area contributed by atoms with Crippen molar-refractivity contribution in [1.82, 2.24) is 9.80 Å². The van der Waals surface area contributed by atoms with E-state index in [1.54, 1.807) is 4.90 Å². The van der Waals surface area contributed by atoms with Crippen LogP contribution >= 0.6 is 0 Å². The molecule has 2 aliphatic rings. The molecule has 6 heteroatoms. The first-order valence-corrected chi connectivity index (χ1v) is 6.95. The Labute approximate surface area is 113 Å². The molecule has 2 saturated heterocycles. The molecule has 0 aromatic rings. The Morgan fingerprint density at radius 2 is 2.00 bits per heavy atom. The zero-order chi connectivity index (χ0) is 14.2. The highest BCUT2D eigenvalue weighted by Crippen LogP contribution is 2.29. The molecule has 2 fully saturated rings. The average molecular weight is 270 g/mol. The number of nitrogens with zero attached hydrogens (tertiary/aromatic N) is 2. The Bertz CT molecular complexity index is 374. The number of carbonyl (C=O) groups is 2. The lowest BCUT2D eigenvalue weighted by Crippen LogP contribution is -2.51. The van der Waals surface area contributed by atoms with Crippen LogP contribution in [0.5, 0.6) is 0 Å². The predicted molar refractivity (Wildman–Crippen MR) is 68.8 cm³/mol. The topological polar surface area (TPSA) is 81.1 Å². The van der Waals surface area contributed by atoms with Crippen LogP contribution in [0.2, 0.25) is 0 Å². The number of carbonyl (C=O) groups excluding carboxylic acids is 1. The van der Waals surface area contributed by atoms with Crippen molar-refractivity contribution in [2.45, 2.75) is 63.8 Å². The first-order chi connectivity index (χ1) is 8.95. The van der Waals surface area contributed by atoms with E-state index in [0.29, 0.717) is 0 Å². The van der Waals surface area contributed by atoms with Crippen molar-refractivity contribution in [1.29, 1.82) is 0 Å². The van der Waals surface area contributed by atoms with Gasteiger partial charge < -0.3 is 20.0 Å². The molecule has 0 saturated carbocycles. The van der Waals surface area contributed by atoms with Crippen molar-refractivity contribution < 1.29 is 19.8 Å². The summed E-state index contributed by atoms with van der Waals surface area (Å²) in [6.45, 7) is 4.15. The highest BCUT2D eigenvalue weighted by molar-refractivity contribution is 5.84. The van der Waals surface area contributed by atoms with Crippen LogP contribution in [-0.2, 0) is 4.79 Å². The van der Waals surface area contributed by atoms with Crippen LogP contribution in [0.4, 0.5) is 4.79 Å². The molecular formula is C13H22N2O4. The quantitative estimate of drug-likeness (QED) is 0.781. The number of carboxylic acid groups (broad SMARTS) is 1. The van der Waals surface area contributed by atoms with E-state index in [2.05, 4.69) is 0 Å². The zero-order valence-corrected chi connectivity index (χ0v) is 11.5. The number of aliphatic hydroxyl groups excluding tert-OH is 1. The molecule has 0 aliphatic carbocycles. The van der Waals surface area contributed by atoms with Crippen LogP contribution in [0.15, 0.2) is 0 Å². The maximum absolute atomic E-state index is 12.6. The molecule has 6 nitrogen and oxygen atoms in total. The average Bonchev–Trinajstić information content (AvgIpc) is 2.91. The number of aliphatic carboxylic acids is 1. The van der Waals surface area contributed by atoms with Gasteiger partial charge in [0.25, 0.3) is 0 Å². The standard InChI is InChI=1S/C13H22N2O4/c1-3-9-5-4-8(2)15(9)13(19)14-7-10(16)6-11(14)12(17)18/h8-11,16H,3-7H2,1-2H3,(H,17,18)/t8?,9?,10-,11+/m1/s1. The monoisotopic (exact) mass is 270 g/mol. The van der Waals surface area contributed by atoms with Gasteiger partial charge in [-0.05, 0) is 26.2 Å². The van der Waals surface area contributed by atoms with Gasteiger partial charge in [-0.15, -0.1) is 0 Å². The molecule has 0 aromatic heterocycles. The minimum absolute atomic E-state index is 0.120. The Morgan fingerprint density at radius 1 is 1.32 bits per heavy atom. The number of carboxylic acids is 1. The fourth-order valence-corrected chi connectivity index (χ4v) is 3.22. The molecule has 4 atom stereocenters. The van der Waals surface area contributed by atoms with E-state index in [1.807, 2.05) is 13.8 Å². The minimum Gasteiger partial charge on any atom is -0.480 e. The normalized spacial score (nSPS) is 34.9. The first-order valence-electron chi connectivity index (χ1n) is 6.95. The summed E-state index contributed by atoms with van der Waals surface area (Å²) in [6, 6.07) is -0.798. The van der Waals surface area contributed by atoms with Gasteiger partial charge >= 0.3 is 12.0 Å². The number of hydrogen-bond donors (Lipinski definition) is 2. The van der Waals surface area contributed by atoms with Crippen LogP contribution in [-0.4, -0.2) is 62.8 Å². The van der Waals surface area contributed by atoms with Gasteiger partial charge in [0, 0.05) is 25.0 Å². The summed E-state index contributed by atoms with van der Waals surface area (Å²) >= 11 is 0. The Morgan fingerprint density at radius 3 is 2.58 bits per heavy atom. The van der Waals surface area contributed by atoms with Gasteiger partial charge in [-0.1, -0.05) is 6.92 Å². The van der Waals surface area contributed by atoms with E-state index in [0.717, 1.165) is 19.3 Å². The summed E-state index contributed by atoms with van der Waals surface area (Å²) in [4.78, 5) is 26.9. The van der Waals surface area contributed by atoms with E-state index in [-0.39, 0.29) is 31.1 Å². The lowest BCUT2D eigenvalue weighted by molar-refractivity contribution is -0.141. The van der Waals surface area contributed by atoms with Gasteiger partial charge in [-0.2, -0.15) is 0 Å². The highest BCUT2D eigenvalue weighted by Gasteiger charge is 2.44. The highest BCUT2D eigenvalue weighted by atomic mass is 16.4. The number of likely N-dealkylation sites (tertiary alicyclic amines) is 2. The maximum Gasteiger partial charge on any atom is 0.326 e. The van der Waals surface area contributed by atoms with Crippen LogP contribution in [0.1, 0.15) is 39.5 Å². The number of β-amino-alcohol motifs (C(OH)–C–C–N with tert-alkyl or cyclic N) is 1. The van der Waals surface area contributed by atoms with E-state index in [9.17, 15) is 14.7 Å². The van der Waals surface area contributed by atoms with Gasteiger partial charge in [0.2, 0.25) is 0 Å². The molecule has 0 spiro atoms. The van der Waals surface area contributed by atoms with Gasteiger partial charge in [0.15, 0.2) is 0 Å². The van der Waals surface area contributed by atoms with Gasteiger partial charge in [-0.25, -0.2) is 9.59 Å². The summed E-state index contributed by atoms with van der Waals surface area (Å²) in [5, 5.41) is 18.8. The van der Waals surface area contributed by atoms with Crippen molar-refractivity contribution in [2.24, 2.45) is 0 Å². The number of hydrogen-bond acceptors (Lipinski definition) is 3. The van der Waals surface area contributed by atoms with Crippen LogP contribution < -0.4 is 0 Å². The van der Waals surface area contributed by atoms with Crippen molar-refractivity contribution in [3.63, 3.8) is 0 Å². The summed E-state index contributed by atoms with van der Waals surface area (Å²) < 4.78 is 0. The van der Waals surface area contributed by atoms with Crippen LogP contribution in [0, 0.1) is 0 Å². The minimum atomic E-state index is -1.04. The number of aliphatic hydroxyl groups is 1. The van der Waals surface area contributed by atoms with Crippen LogP contribution in [0.25, 0.3) is 0 Å². The number of rotatable bonds is 2. The molecule has 2 rings (SSSR count). The summed E-state index contributed by atoms with van der Waals surface area (Å²) in [7, 11) is 0. The smallest absolute Gasteiger partial charge is 0.326 e. The van der Waals surface area contributed by atoms with Crippen molar-refractivity contribution >= 4 is 12.0 Å². The molecular weight excluding hydrogens is 248 g/mol. The lowest BCUT2D eigenvalue weighted by atomic mass is 10.1. The number of urea groups is 1. The van der Waals surface area contributed by atoms with Crippen LogP contribution in [0.3, 0.4) is 0 Å². The van der Waals surface area contributed by atoms with E-state index in [1.165, 1.54) is 4.90 Å². The summed E-state index contributed by atoms with van der Waals surface area (Å²) in [6.07, 6.45) is 2.20. The molecule has 0 bridgehead atoms. The molecule has 0 radical (unpaired) electrons. The maximum atomic E-state index is 12.6. The fourth-order valence-electron chi connectivity index (χ4n) is 3.22. The third-order valence-electron chi connectivity index (χ3n) is 4.29. The van der Waals surface area contributed by atoms with E-state index >= 15 is 0 Å². The molecule has 0 aromatic carbocycles. The number of amides is 2. The summed E-state index contributed by atoms with van der Waals surface area (Å²) in [5.74, 6) is -1.04. The molecule has 2 heterocycles. The summed E-state index contributed by atoms with van der Waals surface area (Å²) in [5.41, 5.74) is 0. The predicted octanol–water partition coefficient (Wildman–Crippen LogP) is 0.889. The molecule has 2 unspecified atom stereocenters. The van der Waals surface area contributed by atoms with Gasteiger partial charge in [-0.3, -0.25) is 0 Å². The van der Waals surface area contributed by atoms with E-state index in [4.69, 9.17) is 5.11 Å². The van der Waals surface area contributed by atoms with Crippen molar-refractivity contribution in [2.75, 3.05) is 6.54 Å². The second-order valence-corrected chi connectivity index (χ2v) is 5.57. The third-order valence-corrected chi connectivity index (χ3v) is 4.29. The van der Waals surface area contributed by atoms with Gasteiger partial charge in [0.1, 0.15) is 6.04 Å². The molecule has 19 heavy (non-hydrogen) atoms.